The zero-order valence-electron chi connectivity index (χ0n) is 12.5. The minimum Gasteiger partial charge on any atom is -0.496 e. The quantitative estimate of drug-likeness (QED) is 0.855. The first-order valence-electron chi connectivity index (χ1n) is 6.82. The summed E-state index contributed by atoms with van der Waals surface area (Å²) in [6.45, 7) is 0. The second kappa shape index (κ2) is 8.47. The average Bonchev–Trinajstić information content (AvgIpc) is 2.55. The maximum atomic E-state index is 12.0. The highest BCUT2D eigenvalue weighted by molar-refractivity contribution is 7.99. The van der Waals surface area contributed by atoms with Crippen LogP contribution in [0.25, 0.3) is 0 Å². The smallest absolute Gasteiger partial charge is 0.234 e. The first-order chi connectivity index (χ1) is 11.1. The molecule has 6 heteroatoms. The van der Waals surface area contributed by atoms with Crippen LogP contribution in [0.4, 0.5) is 5.69 Å². The minimum atomic E-state index is -0.119. The van der Waals surface area contributed by atoms with Crippen molar-refractivity contribution in [3.63, 3.8) is 0 Å². The summed E-state index contributed by atoms with van der Waals surface area (Å²) in [5.74, 6) is 1.55. The number of nitriles is 1. The number of amides is 1. The number of benzene rings is 2. The molecular formula is C17H15ClN2O2S. The number of hydrogen-bond acceptors (Lipinski definition) is 4. The van der Waals surface area contributed by atoms with Gasteiger partial charge in [-0.2, -0.15) is 5.26 Å². The molecule has 0 radical (unpaired) electrons. The molecule has 0 aromatic heterocycles. The lowest BCUT2D eigenvalue weighted by atomic mass is 10.2. The summed E-state index contributed by atoms with van der Waals surface area (Å²) in [5, 5.41) is 12.3. The molecule has 0 heterocycles. The summed E-state index contributed by atoms with van der Waals surface area (Å²) < 4.78 is 5.28. The molecule has 1 amide bonds. The lowest BCUT2D eigenvalue weighted by Crippen LogP contribution is -2.14. The van der Waals surface area contributed by atoms with Gasteiger partial charge in [-0.05, 0) is 36.4 Å². The minimum absolute atomic E-state index is 0.119. The molecular weight excluding hydrogens is 332 g/mol. The lowest BCUT2D eigenvalue weighted by Gasteiger charge is -2.09. The highest BCUT2D eigenvalue weighted by Gasteiger charge is 2.07. The number of hydrogen-bond donors (Lipinski definition) is 1. The molecule has 118 valence electrons. The van der Waals surface area contributed by atoms with Crippen LogP contribution in [0, 0.1) is 11.3 Å². The number of anilines is 1. The molecule has 0 unspecified atom stereocenters. The Labute approximate surface area is 144 Å². The van der Waals surface area contributed by atoms with Crippen LogP contribution in [0.3, 0.4) is 0 Å². The molecule has 4 nitrogen and oxygen atoms in total. The molecule has 2 aromatic carbocycles. The van der Waals surface area contributed by atoms with E-state index in [4.69, 9.17) is 21.6 Å². The van der Waals surface area contributed by atoms with Gasteiger partial charge < -0.3 is 10.1 Å². The van der Waals surface area contributed by atoms with Crippen LogP contribution in [0.15, 0.2) is 42.5 Å². The summed E-state index contributed by atoms with van der Waals surface area (Å²) in [7, 11) is 1.60. The van der Waals surface area contributed by atoms with Gasteiger partial charge in [0, 0.05) is 22.0 Å². The van der Waals surface area contributed by atoms with Crippen LogP contribution in [0.2, 0.25) is 5.02 Å². The molecule has 0 spiro atoms. The van der Waals surface area contributed by atoms with Gasteiger partial charge in [0.05, 0.1) is 24.5 Å². The van der Waals surface area contributed by atoms with Crippen LogP contribution in [0.5, 0.6) is 5.75 Å². The Kier molecular flexibility index (Phi) is 6.33. The van der Waals surface area contributed by atoms with Gasteiger partial charge in [-0.1, -0.05) is 17.7 Å². The number of nitrogens with zero attached hydrogens (tertiary/aromatic N) is 1. The topological polar surface area (TPSA) is 62.1 Å². The molecule has 0 bridgehead atoms. The zero-order chi connectivity index (χ0) is 16.7. The van der Waals surface area contributed by atoms with E-state index in [9.17, 15) is 4.79 Å². The van der Waals surface area contributed by atoms with Gasteiger partial charge >= 0.3 is 0 Å². The third-order valence-corrected chi connectivity index (χ3v) is 4.23. The van der Waals surface area contributed by atoms with Crippen molar-refractivity contribution in [2.75, 3.05) is 18.2 Å². The number of methoxy groups -OCH3 is 1. The Balaban J connectivity index is 1.88. The molecule has 1 N–H and O–H groups in total. The van der Waals surface area contributed by atoms with E-state index < -0.39 is 0 Å². The Bertz CT molecular complexity index is 744. The molecule has 23 heavy (non-hydrogen) atoms. The van der Waals surface area contributed by atoms with E-state index in [1.807, 2.05) is 18.2 Å². The second-order valence-corrected chi connectivity index (χ2v) is 6.11. The van der Waals surface area contributed by atoms with Crippen LogP contribution in [0.1, 0.15) is 11.1 Å². The number of rotatable bonds is 6. The average molecular weight is 347 g/mol. The van der Waals surface area contributed by atoms with Crippen LogP contribution in [-0.4, -0.2) is 18.8 Å². The van der Waals surface area contributed by atoms with Gasteiger partial charge in [0.15, 0.2) is 0 Å². The van der Waals surface area contributed by atoms with E-state index in [1.165, 1.54) is 11.8 Å². The van der Waals surface area contributed by atoms with E-state index in [0.29, 0.717) is 27.8 Å². The van der Waals surface area contributed by atoms with Gasteiger partial charge in [-0.3, -0.25) is 4.79 Å². The zero-order valence-corrected chi connectivity index (χ0v) is 14.1. The Morgan fingerprint density at radius 1 is 1.35 bits per heavy atom. The van der Waals surface area contributed by atoms with Gasteiger partial charge in [0.2, 0.25) is 5.91 Å². The van der Waals surface area contributed by atoms with Crippen molar-refractivity contribution in [3.8, 4) is 11.8 Å². The Morgan fingerprint density at radius 2 is 2.17 bits per heavy atom. The van der Waals surface area contributed by atoms with Crippen molar-refractivity contribution in [1.29, 1.82) is 5.26 Å². The van der Waals surface area contributed by atoms with Crippen LogP contribution in [-0.2, 0) is 10.5 Å². The molecule has 0 atom stereocenters. The predicted octanol–water partition coefficient (Wildman–Crippen LogP) is 4.09. The third kappa shape index (κ3) is 5.20. The molecule has 0 saturated heterocycles. The molecule has 0 aliphatic carbocycles. The third-order valence-electron chi connectivity index (χ3n) is 3.01. The van der Waals surface area contributed by atoms with Gasteiger partial charge in [0.25, 0.3) is 0 Å². The standard InChI is InChI=1S/C17H15ClN2O2S/c1-22-16-6-5-14(18)8-13(16)10-23-11-17(21)20-15-4-2-3-12(7-15)9-19/h2-8H,10-11H2,1H3,(H,20,21). The van der Waals surface area contributed by atoms with Crippen LogP contribution < -0.4 is 10.1 Å². The summed E-state index contributed by atoms with van der Waals surface area (Å²) in [5.41, 5.74) is 2.08. The SMILES string of the molecule is COc1ccc(Cl)cc1CSCC(=O)Nc1cccc(C#N)c1. The fourth-order valence-electron chi connectivity index (χ4n) is 1.98. The number of thioether (sulfide) groups is 1. The normalized spacial score (nSPS) is 9.96. The monoisotopic (exact) mass is 346 g/mol. The Hall–Kier alpha value is -2.16. The maximum Gasteiger partial charge on any atom is 0.234 e. The summed E-state index contributed by atoms with van der Waals surface area (Å²) in [6.07, 6.45) is 0. The van der Waals surface area contributed by atoms with Crippen molar-refractivity contribution >= 4 is 35.0 Å². The fraction of sp³-hybridized carbons (Fsp3) is 0.176. The maximum absolute atomic E-state index is 12.0. The molecule has 0 fully saturated rings. The fourth-order valence-corrected chi connectivity index (χ4v) is 2.98. The lowest BCUT2D eigenvalue weighted by molar-refractivity contribution is -0.113. The molecule has 2 rings (SSSR count). The van der Waals surface area contributed by atoms with E-state index >= 15 is 0 Å². The van der Waals surface area contributed by atoms with Crippen molar-refractivity contribution in [2.24, 2.45) is 0 Å². The van der Waals surface area contributed by atoms with Crippen molar-refractivity contribution in [1.82, 2.24) is 0 Å². The highest BCUT2D eigenvalue weighted by atomic mass is 35.5. The van der Waals surface area contributed by atoms with Crippen molar-refractivity contribution in [2.45, 2.75) is 5.75 Å². The molecule has 0 aliphatic rings. The summed E-state index contributed by atoms with van der Waals surface area (Å²) in [4.78, 5) is 12.0. The van der Waals surface area contributed by atoms with E-state index in [1.54, 1.807) is 37.4 Å². The summed E-state index contributed by atoms with van der Waals surface area (Å²) >= 11 is 7.45. The van der Waals surface area contributed by atoms with Gasteiger partial charge in [-0.25, -0.2) is 0 Å². The highest BCUT2D eigenvalue weighted by Crippen LogP contribution is 2.26. The number of carbonyl (C=O) groups excluding carboxylic acids is 1. The van der Waals surface area contributed by atoms with E-state index in [0.717, 1.165) is 11.3 Å². The largest absolute Gasteiger partial charge is 0.496 e. The van der Waals surface area contributed by atoms with Gasteiger partial charge in [-0.15, -0.1) is 11.8 Å². The number of nitrogens with one attached hydrogen (secondary N) is 1. The van der Waals surface area contributed by atoms with Crippen molar-refractivity contribution < 1.29 is 9.53 Å². The van der Waals surface area contributed by atoms with Crippen molar-refractivity contribution in [3.05, 3.63) is 58.6 Å². The number of halogens is 1. The Morgan fingerprint density at radius 3 is 2.91 bits per heavy atom. The van der Waals surface area contributed by atoms with E-state index in [2.05, 4.69) is 5.32 Å². The number of carbonyl (C=O) groups is 1. The first-order valence-corrected chi connectivity index (χ1v) is 8.36. The molecule has 2 aromatic rings. The molecule has 0 saturated carbocycles. The van der Waals surface area contributed by atoms with Crippen LogP contribution >= 0.6 is 23.4 Å². The molecule has 0 aliphatic heterocycles. The second-order valence-electron chi connectivity index (χ2n) is 4.69. The summed E-state index contributed by atoms with van der Waals surface area (Å²) in [6, 6.07) is 14.3. The van der Waals surface area contributed by atoms with E-state index in [-0.39, 0.29) is 5.91 Å². The first kappa shape index (κ1) is 17.2. The number of ether oxygens (including phenoxy) is 1. The van der Waals surface area contributed by atoms with Gasteiger partial charge in [0.1, 0.15) is 5.75 Å². The predicted molar refractivity (Wildman–Crippen MR) is 94.0 cm³/mol.